The van der Waals surface area contributed by atoms with E-state index in [9.17, 15) is 27.5 Å². The molecule has 3 N–H and O–H groups in total. The van der Waals surface area contributed by atoms with Gasteiger partial charge in [0.2, 0.25) is 10.0 Å². The van der Waals surface area contributed by atoms with Crippen molar-refractivity contribution in [1.29, 1.82) is 0 Å². The number of carbonyl (C=O) groups excluding carboxylic acids is 1. The Kier molecular flexibility index (Phi) is 5.03. The molecule has 0 bridgehead atoms. The van der Waals surface area contributed by atoms with Gasteiger partial charge in [0, 0.05) is 11.8 Å². The summed E-state index contributed by atoms with van der Waals surface area (Å²) in [6.07, 6.45) is 3.46. The molecule has 0 aliphatic rings. The molecule has 0 fully saturated rings. The number of anilines is 2. The quantitative estimate of drug-likeness (QED) is 0.691. The zero-order valence-corrected chi connectivity index (χ0v) is 15.0. The normalized spacial score (nSPS) is 11.8. The molecule has 2 rings (SSSR count). The van der Waals surface area contributed by atoms with Gasteiger partial charge in [-0.05, 0) is 32.0 Å². The highest BCUT2D eigenvalue weighted by atomic mass is 32.2. The van der Waals surface area contributed by atoms with Crippen LogP contribution < -0.4 is 10.0 Å². The summed E-state index contributed by atoms with van der Waals surface area (Å²) in [5, 5.41) is 15.6. The average Bonchev–Trinajstić information content (AvgIpc) is 2.97. The van der Waals surface area contributed by atoms with Crippen LogP contribution >= 0.6 is 0 Å². The Morgan fingerprint density at radius 1 is 1.31 bits per heavy atom. The second-order valence-electron chi connectivity index (χ2n) is 6.06. The van der Waals surface area contributed by atoms with Crippen molar-refractivity contribution in [3.63, 3.8) is 0 Å². The standard InChI is InChI=1S/C15H17FN4O5S/c1-15(2,14(22)23)20-8-10(7-17-20)18-13(21)9-4-5-11(16)12(6-9)19-26(3,24)25/h4-8,19H,1-3H3,(H,18,21)(H,22,23). The Bertz CT molecular complexity index is 968. The number of amides is 1. The summed E-state index contributed by atoms with van der Waals surface area (Å²) in [5.74, 6) is -2.58. The van der Waals surface area contributed by atoms with E-state index in [1.165, 1.54) is 37.0 Å². The smallest absolute Gasteiger partial charge is 0.331 e. The Hall–Kier alpha value is -2.95. The lowest BCUT2D eigenvalue weighted by Gasteiger charge is -2.19. The maximum absolute atomic E-state index is 13.7. The van der Waals surface area contributed by atoms with Crippen molar-refractivity contribution in [2.75, 3.05) is 16.3 Å². The highest BCUT2D eigenvalue weighted by Gasteiger charge is 2.30. The molecule has 11 heteroatoms. The first-order valence-electron chi connectivity index (χ1n) is 7.27. The van der Waals surface area contributed by atoms with Gasteiger partial charge in [-0.25, -0.2) is 17.6 Å². The number of carbonyl (C=O) groups is 2. The monoisotopic (exact) mass is 384 g/mol. The number of carboxylic acid groups (broad SMARTS) is 1. The van der Waals surface area contributed by atoms with Crippen LogP contribution in [-0.4, -0.2) is 41.4 Å². The van der Waals surface area contributed by atoms with Crippen LogP contribution in [0.3, 0.4) is 0 Å². The molecule has 140 valence electrons. The summed E-state index contributed by atoms with van der Waals surface area (Å²) in [7, 11) is -3.71. The van der Waals surface area contributed by atoms with Crippen LogP contribution in [0.25, 0.3) is 0 Å². The van der Waals surface area contributed by atoms with Crippen molar-refractivity contribution in [1.82, 2.24) is 9.78 Å². The molecular formula is C15H17FN4O5S. The molecule has 1 aromatic carbocycles. The molecule has 1 amide bonds. The Labute approximate surface area is 148 Å². The molecule has 0 aliphatic carbocycles. The number of aliphatic carboxylic acids is 1. The number of benzene rings is 1. The minimum atomic E-state index is -3.71. The van der Waals surface area contributed by atoms with Gasteiger partial charge in [-0.1, -0.05) is 0 Å². The van der Waals surface area contributed by atoms with Crippen LogP contribution in [0.2, 0.25) is 0 Å². The zero-order chi connectivity index (χ0) is 19.7. The van der Waals surface area contributed by atoms with Gasteiger partial charge < -0.3 is 10.4 Å². The number of rotatable bonds is 6. The SMILES string of the molecule is CC(C)(C(=O)O)n1cc(NC(=O)c2ccc(F)c(NS(C)(=O)=O)c2)cn1. The topological polar surface area (TPSA) is 130 Å². The van der Waals surface area contributed by atoms with Crippen LogP contribution in [-0.2, 0) is 20.4 Å². The van der Waals surface area contributed by atoms with E-state index in [2.05, 4.69) is 10.4 Å². The molecule has 2 aromatic rings. The van der Waals surface area contributed by atoms with E-state index < -0.39 is 33.3 Å². The highest BCUT2D eigenvalue weighted by molar-refractivity contribution is 7.92. The number of sulfonamides is 1. The van der Waals surface area contributed by atoms with Gasteiger partial charge in [0.1, 0.15) is 5.82 Å². The van der Waals surface area contributed by atoms with Gasteiger partial charge in [0.05, 0.1) is 23.8 Å². The molecule has 0 unspecified atom stereocenters. The minimum absolute atomic E-state index is 0.00259. The molecule has 0 radical (unpaired) electrons. The van der Waals surface area contributed by atoms with E-state index in [-0.39, 0.29) is 16.9 Å². The van der Waals surface area contributed by atoms with E-state index in [4.69, 9.17) is 0 Å². The largest absolute Gasteiger partial charge is 0.479 e. The van der Waals surface area contributed by atoms with Crippen molar-refractivity contribution in [3.8, 4) is 0 Å². The molecule has 0 saturated heterocycles. The number of hydrogen-bond donors (Lipinski definition) is 3. The molecule has 26 heavy (non-hydrogen) atoms. The summed E-state index contributed by atoms with van der Waals surface area (Å²) < 4.78 is 39.3. The molecule has 1 aromatic heterocycles. The predicted molar refractivity (Wildman–Crippen MR) is 92.0 cm³/mol. The number of halogens is 1. The van der Waals surface area contributed by atoms with Crippen LogP contribution in [0.15, 0.2) is 30.6 Å². The number of hydrogen-bond acceptors (Lipinski definition) is 5. The van der Waals surface area contributed by atoms with Crippen molar-refractivity contribution in [2.24, 2.45) is 0 Å². The third-order valence-corrected chi connectivity index (χ3v) is 4.05. The molecule has 0 saturated carbocycles. The van der Waals surface area contributed by atoms with Crippen LogP contribution in [0, 0.1) is 5.82 Å². The summed E-state index contributed by atoms with van der Waals surface area (Å²) >= 11 is 0. The van der Waals surface area contributed by atoms with Gasteiger partial charge >= 0.3 is 5.97 Å². The summed E-state index contributed by atoms with van der Waals surface area (Å²) in [5.41, 5.74) is -1.44. The maximum atomic E-state index is 13.7. The lowest BCUT2D eigenvalue weighted by atomic mass is 10.1. The third kappa shape index (κ3) is 4.36. The maximum Gasteiger partial charge on any atom is 0.331 e. The molecule has 0 spiro atoms. The van der Waals surface area contributed by atoms with E-state index in [1.807, 2.05) is 4.72 Å². The predicted octanol–water partition coefficient (Wildman–Crippen LogP) is 1.47. The Balaban J connectivity index is 2.22. The molecular weight excluding hydrogens is 367 g/mol. The average molecular weight is 384 g/mol. The minimum Gasteiger partial charge on any atom is -0.479 e. The van der Waals surface area contributed by atoms with Crippen molar-refractivity contribution in [2.45, 2.75) is 19.4 Å². The first-order valence-corrected chi connectivity index (χ1v) is 9.16. The first kappa shape index (κ1) is 19.4. The van der Waals surface area contributed by atoms with Gasteiger partial charge in [0.25, 0.3) is 5.91 Å². The van der Waals surface area contributed by atoms with Gasteiger partial charge in [0.15, 0.2) is 5.54 Å². The fourth-order valence-corrected chi connectivity index (χ4v) is 2.49. The molecule has 1 heterocycles. The van der Waals surface area contributed by atoms with Gasteiger partial charge in [-0.15, -0.1) is 0 Å². The van der Waals surface area contributed by atoms with Crippen LogP contribution in [0.1, 0.15) is 24.2 Å². The van der Waals surface area contributed by atoms with Crippen molar-refractivity contribution >= 4 is 33.3 Å². The zero-order valence-electron chi connectivity index (χ0n) is 14.1. The fourth-order valence-electron chi connectivity index (χ4n) is 1.94. The van der Waals surface area contributed by atoms with E-state index in [0.29, 0.717) is 0 Å². The lowest BCUT2D eigenvalue weighted by molar-refractivity contribution is -0.146. The van der Waals surface area contributed by atoms with Crippen molar-refractivity contribution < 1.29 is 27.5 Å². The number of nitrogens with zero attached hydrogens (tertiary/aromatic N) is 2. The second kappa shape index (κ2) is 6.75. The second-order valence-corrected chi connectivity index (χ2v) is 7.81. The van der Waals surface area contributed by atoms with E-state index in [0.717, 1.165) is 18.4 Å². The molecule has 0 aliphatic heterocycles. The highest BCUT2D eigenvalue weighted by Crippen LogP contribution is 2.20. The van der Waals surface area contributed by atoms with Gasteiger partial charge in [-0.2, -0.15) is 5.10 Å². The van der Waals surface area contributed by atoms with Crippen molar-refractivity contribution in [3.05, 3.63) is 42.0 Å². The van der Waals surface area contributed by atoms with Crippen LogP contribution in [0.5, 0.6) is 0 Å². The molecule has 9 nitrogen and oxygen atoms in total. The third-order valence-electron chi connectivity index (χ3n) is 3.46. The number of aromatic nitrogens is 2. The summed E-state index contributed by atoms with van der Waals surface area (Å²) in [6.45, 7) is 2.88. The number of nitrogens with one attached hydrogen (secondary N) is 2. The lowest BCUT2D eigenvalue weighted by Crippen LogP contribution is -2.35. The Morgan fingerprint density at radius 2 is 1.96 bits per heavy atom. The first-order chi connectivity index (χ1) is 11.9. The van der Waals surface area contributed by atoms with Crippen LogP contribution in [0.4, 0.5) is 15.8 Å². The summed E-state index contributed by atoms with van der Waals surface area (Å²) in [4.78, 5) is 23.5. The molecule has 0 atom stereocenters. The van der Waals surface area contributed by atoms with E-state index in [1.54, 1.807) is 0 Å². The van der Waals surface area contributed by atoms with Gasteiger partial charge in [-0.3, -0.25) is 14.2 Å². The fraction of sp³-hybridized carbons (Fsp3) is 0.267. The van der Waals surface area contributed by atoms with E-state index >= 15 is 0 Å². The number of carboxylic acids is 1. The summed E-state index contributed by atoms with van der Waals surface area (Å²) in [6, 6.07) is 3.19. The Morgan fingerprint density at radius 3 is 2.54 bits per heavy atom.